The molecule has 2 N–H and O–H groups in total. The van der Waals surface area contributed by atoms with Gasteiger partial charge in [0.25, 0.3) is 0 Å². The van der Waals surface area contributed by atoms with Gasteiger partial charge in [-0.15, -0.1) is 0 Å². The van der Waals surface area contributed by atoms with Gasteiger partial charge in [-0.1, -0.05) is 23.8 Å². The van der Waals surface area contributed by atoms with Crippen LogP contribution in [0.3, 0.4) is 0 Å². The lowest BCUT2D eigenvalue weighted by molar-refractivity contribution is -0.137. The van der Waals surface area contributed by atoms with E-state index in [1.54, 1.807) is 0 Å². The second-order valence-corrected chi connectivity index (χ2v) is 9.89. The third-order valence-electron chi connectivity index (χ3n) is 5.97. The van der Waals surface area contributed by atoms with Gasteiger partial charge >= 0.3 is 5.97 Å². The lowest BCUT2D eigenvalue weighted by Gasteiger charge is -2.29. The topological polar surface area (TPSA) is 83.5 Å². The number of carbonyl (C=O) groups is 1. The Balaban J connectivity index is 1.63. The molecule has 0 aliphatic heterocycles. The monoisotopic (exact) mass is 429 g/mol. The van der Waals surface area contributed by atoms with Crippen molar-refractivity contribution in [1.29, 1.82) is 0 Å². The zero-order valence-electron chi connectivity index (χ0n) is 15.5. The smallest absolute Gasteiger partial charge is 0.303 e. The normalized spacial score (nSPS) is 26.9. The zero-order chi connectivity index (χ0) is 20.3. The fourth-order valence-electron chi connectivity index (χ4n) is 4.66. The Labute approximate surface area is 170 Å². The highest BCUT2D eigenvalue weighted by atomic mass is 35.5. The molecule has 3 rings (SSSR count). The number of benzene rings is 1. The lowest BCUT2D eigenvalue weighted by Crippen LogP contribution is -2.35. The highest BCUT2D eigenvalue weighted by Gasteiger charge is 2.46. The molecule has 0 amide bonds. The van der Waals surface area contributed by atoms with Crippen LogP contribution in [0.1, 0.15) is 38.5 Å². The molecule has 2 aliphatic carbocycles. The van der Waals surface area contributed by atoms with E-state index in [9.17, 15) is 17.6 Å². The van der Waals surface area contributed by atoms with Gasteiger partial charge in [-0.05, 0) is 74.0 Å². The van der Waals surface area contributed by atoms with Gasteiger partial charge in [0.15, 0.2) is 0 Å². The van der Waals surface area contributed by atoms with Gasteiger partial charge in [-0.25, -0.2) is 17.5 Å². The number of carboxylic acids is 1. The predicted octanol–water partition coefficient (Wildman–Crippen LogP) is 4.23. The Morgan fingerprint density at radius 1 is 1.32 bits per heavy atom. The second kappa shape index (κ2) is 8.93. The van der Waals surface area contributed by atoms with Gasteiger partial charge in [0.2, 0.25) is 10.0 Å². The Bertz CT molecular complexity index is 858. The molecule has 2 aliphatic rings. The van der Waals surface area contributed by atoms with Crippen LogP contribution >= 0.6 is 11.6 Å². The number of fused-ring (bicyclic) bond motifs is 2. The highest BCUT2D eigenvalue weighted by Crippen LogP contribution is 2.52. The van der Waals surface area contributed by atoms with E-state index in [0.29, 0.717) is 24.7 Å². The number of rotatable bonds is 9. The number of halogens is 2. The first kappa shape index (κ1) is 21.3. The second-order valence-electron chi connectivity index (χ2n) is 7.72. The van der Waals surface area contributed by atoms with Crippen molar-refractivity contribution in [2.45, 2.75) is 43.4 Å². The molecule has 4 atom stereocenters. The Morgan fingerprint density at radius 2 is 2.07 bits per heavy atom. The van der Waals surface area contributed by atoms with Crippen LogP contribution in [0.15, 0.2) is 35.2 Å². The molecule has 28 heavy (non-hydrogen) atoms. The number of allylic oxidation sites excluding steroid dienone is 2. The third-order valence-corrected chi connectivity index (χ3v) is 7.66. The molecule has 1 aromatic carbocycles. The van der Waals surface area contributed by atoms with Crippen molar-refractivity contribution in [1.82, 2.24) is 4.72 Å². The van der Waals surface area contributed by atoms with E-state index in [-0.39, 0.29) is 34.7 Å². The van der Waals surface area contributed by atoms with Gasteiger partial charge in [0.05, 0.1) is 0 Å². The quantitative estimate of drug-likeness (QED) is 0.454. The molecule has 0 unspecified atom stereocenters. The summed E-state index contributed by atoms with van der Waals surface area (Å²) in [6.45, 7) is 0.274. The summed E-state index contributed by atoms with van der Waals surface area (Å²) >= 11 is 5.70. The average molecular weight is 430 g/mol. The van der Waals surface area contributed by atoms with E-state index in [0.717, 1.165) is 25.3 Å². The summed E-state index contributed by atoms with van der Waals surface area (Å²) in [5.41, 5.74) is 0. The van der Waals surface area contributed by atoms with Gasteiger partial charge < -0.3 is 5.11 Å². The van der Waals surface area contributed by atoms with Crippen molar-refractivity contribution in [3.8, 4) is 0 Å². The number of carboxylic acid groups (broad SMARTS) is 1. The van der Waals surface area contributed by atoms with Gasteiger partial charge in [0, 0.05) is 18.0 Å². The summed E-state index contributed by atoms with van der Waals surface area (Å²) in [6, 6.07) is 3.54. The van der Waals surface area contributed by atoms with Crippen LogP contribution in [0, 0.1) is 29.5 Å². The molecule has 5 nitrogen and oxygen atoms in total. The minimum absolute atomic E-state index is 0.150. The summed E-state index contributed by atoms with van der Waals surface area (Å²) in [7, 11) is -3.95. The first-order valence-corrected chi connectivity index (χ1v) is 11.5. The molecule has 154 valence electrons. The van der Waals surface area contributed by atoms with Crippen molar-refractivity contribution < 1.29 is 22.7 Å². The molecule has 1 aromatic rings. The molecule has 0 radical (unpaired) electrons. The van der Waals surface area contributed by atoms with E-state index in [1.807, 2.05) is 6.08 Å². The van der Waals surface area contributed by atoms with Crippen LogP contribution in [0.25, 0.3) is 0 Å². The molecule has 2 fully saturated rings. The van der Waals surface area contributed by atoms with Crippen molar-refractivity contribution >= 4 is 27.6 Å². The first-order valence-electron chi connectivity index (χ1n) is 9.61. The number of nitrogens with one attached hydrogen (secondary N) is 1. The molecule has 2 bridgehead atoms. The standard InChI is InChI=1S/C20H25ClFNO4S/c21-15-8-9-19(18(22)11-15)28(26,27)23-12-17-14-7-6-13(10-14)16(17)4-2-1-3-5-20(24)25/h2,4,8-9,11,13-14,16-17,23H,1,3,5-7,10,12H2,(H,24,25)/b4-2-/t13-,14+,16+,17+/m1/s1. The van der Waals surface area contributed by atoms with Gasteiger partial charge in [-0.2, -0.15) is 0 Å². The van der Waals surface area contributed by atoms with Crippen molar-refractivity contribution in [2.75, 3.05) is 6.54 Å². The molecule has 8 heteroatoms. The Kier molecular flexibility index (Phi) is 6.78. The molecule has 0 aromatic heterocycles. The van der Waals surface area contributed by atoms with Crippen molar-refractivity contribution in [2.24, 2.45) is 23.7 Å². The largest absolute Gasteiger partial charge is 0.481 e. The van der Waals surface area contributed by atoms with Crippen molar-refractivity contribution in [3.63, 3.8) is 0 Å². The predicted molar refractivity (Wildman–Crippen MR) is 105 cm³/mol. The van der Waals surface area contributed by atoms with Crippen molar-refractivity contribution in [3.05, 3.63) is 41.2 Å². The average Bonchev–Trinajstić information content (AvgIpc) is 3.20. The van der Waals surface area contributed by atoms with Crippen LogP contribution in [0.5, 0.6) is 0 Å². The molecule has 0 heterocycles. The fraction of sp³-hybridized carbons (Fsp3) is 0.550. The van der Waals surface area contributed by atoms with Crippen LogP contribution in [-0.2, 0) is 14.8 Å². The van der Waals surface area contributed by atoms with E-state index in [4.69, 9.17) is 16.7 Å². The number of hydrogen-bond acceptors (Lipinski definition) is 3. The van der Waals surface area contributed by atoms with Crippen LogP contribution in [0.4, 0.5) is 4.39 Å². The maximum absolute atomic E-state index is 14.0. The number of aliphatic carboxylic acids is 1. The van der Waals surface area contributed by atoms with E-state index in [2.05, 4.69) is 10.8 Å². The maximum atomic E-state index is 14.0. The molecular weight excluding hydrogens is 405 g/mol. The molecular formula is C20H25ClFNO4S. The maximum Gasteiger partial charge on any atom is 0.303 e. The summed E-state index contributed by atoms with van der Waals surface area (Å²) in [5, 5.41) is 8.85. The molecule has 0 saturated heterocycles. The number of hydrogen-bond donors (Lipinski definition) is 2. The minimum Gasteiger partial charge on any atom is -0.481 e. The SMILES string of the molecule is O=C(O)CCC/C=C\[C@H]1[C@@H]2CC[C@@H](C2)[C@@H]1CNS(=O)(=O)c1ccc(Cl)cc1F. The summed E-state index contributed by atoms with van der Waals surface area (Å²) in [4.78, 5) is 10.2. The highest BCUT2D eigenvalue weighted by molar-refractivity contribution is 7.89. The Morgan fingerprint density at radius 3 is 2.79 bits per heavy atom. The van der Waals surface area contributed by atoms with E-state index < -0.39 is 21.8 Å². The zero-order valence-corrected chi connectivity index (χ0v) is 17.1. The third kappa shape index (κ3) is 4.93. The fourth-order valence-corrected chi connectivity index (χ4v) is 5.95. The minimum atomic E-state index is -3.95. The molecule has 0 spiro atoms. The number of sulfonamides is 1. The van der Waals surface area contributed by atoms with E-state index >= 15 is 0 Å². The summed E-state index contributed by atoms with van der Waals surface area (Å²) in [5.74, 6) is -0.183. The summed E-state index contributed by atoms with van der Waals surface area (Å²) in [6.07, 6.45) is 8.93. The number of unbranched alkanes of at least 4 members (excludes halogenated alkanes) is 1. The van der Waals surface area contributed by atoms with E-state index in [1.165, 1.54) is 12.1 Å². The van der Waals surface area contributed by atoms with Gasteiger partial charge in [0.1, 0.15) is 10.7 Å². The Hall–Kier alpha value is -1.44. The lowest BCUT2D eigenvalue weighted by atomic mass is 9.79. The molecule has 2 saturated carbocycles. The summed E-state index contributed by atoms with van der Waals surface area (Å²) < 4.78 is 41.7. The van der Waals surface area contributed by atoms with Crippen LogP contribution in [-0.4, -0.2) is 26.0 Å². The first-order chi connectivity index (χ1) is 13.3. The van der Waals surface area contributed by atoms with Gasteiger partial charge in [-0.3, -0.25) is 4.79 Å². The van der Waals surface area contributed by atoms with Crippen LogP contribution < -0.4 is 4.72 Å². The van der Waals surface area contributed by atoms with Crippen LogP contribution in [0.2, 0.25) is 5.02 Å².